The summed E-state index contributed by atoms with van der Waals surface area (Å²) in [6, 6.07) is 9.24. The van der Waals surface area contributed by atoms with Crippen LogP contribution in [0.1, 0.15) is 30.5 Å². The van der Waals surface area contributed by atoms with Gasteiger partial charge in [-0.2, -0.15) is 0 Å². The van der Waals surface area contributed by atoms with Crippen LogP contribution in [-0.4, -0.2) is 26.6 Å². The van der Waals surface area contributed by atoms with Gasteiger partial charge in [0.05, 0.1) is 6.04 Å². The predicted molar refractivity (Wildman–Crippen MR) is 67.9 cm³/mol. The minimum absolute atomic E-state index is 0.182. The molecule has 17 heavy (non-hydrogen) atoms. The van der Waals surface area contributed by atoms with Crippen molar-refractivity contribution in [1.82, 2.24) is 5.32 Å². The highest BCUT2D eigenvalue weighted by Crippen LogP contribution is 2.31. The Bertz CT molecular complexity index is 363. The molecule has 0 saturated carbocycles. The van der Waals surface area contributed by atoms with Gasteiger partial charge in [0.25, 0.3) is 0 Å². The molecule has 94 valence electrons. The Morgan fingerprint density at radius 1 is 1.24 bits per heavy atom. The van der Waals surface area contributed by atoms with E-state index >= 15 is 0 Å². The molecule has 0 spiro atoms. The van der Waals surface area contributed by atoms with Crippen molar-refractivity contribution >= 4 is 0 Å². The summed E-state index contributed by atoms with van der Waals surface area (Å²) in [5.74, 6) is 0. The molecule has 1 aromatic carbocycles. The van der Waals surface area contributed by atoms with Gasteiger partial charge in [0.2, 0.25) is 0 Å². The van der Waals surface area contributed by atoms with Gasteiger partial charge in [0.1, 0.15) is 0 Å². The van der Waals surface area contributed by atoms with Crippen LogP contribution in [0.2, 0.25) is 0 Å². The summed E-state index contributed by atoms with van der Waals surface area (Å²) in [5, 5.41) is 3.59. The van der Waals surface area contributed by atoms with Crippen molar-refractivity contribution < 1.29 is 9.47 Å². The van der Waals surface area contributed by atoms with Crippen molar-refractivity contribution in [3.05, 3.63) is 35.4 Å². The number of ether oxygens (including phenoxy) is 2. The SMILES string of the molecule is COC(OC)C(C)NC1CCc2ccccc21. The van der Waals surface area contributed by atoms with Crippen molar-refractivity contribution in [3.8, 4) is 0 Å². The molecule has 0 amide bonds. The smallest absolute Gasteiger partial charge is 0.171 e. The van der Waals surface area contributed by atoms with Gasteiger partial charge in [0.15, 0.2) is 6.29 Å². The third-order valence-electron chi connectivity index (χ3n) is 3.47. The van der Waals surface area contributed by atoms with E-state index in [0.717, 1.165) is 12.8 Å². The van der Waals surface area contributed by atoms with Crippen molar-refractivity contribution in [1.29, 1.82) is 0 Å². The highest BCUT2D eigenvalue weighted by Gasteiger charge is 2.25. The van der Waals surface area contributed by atoms with Gasteiger partial charge in [-0.1, -0.05) is 24.3 Å². The molecule has 0 bridgehead atoms. The Morgan fingerprint density at radius 3 is 2.65 bits per heavy atom. The number of aryl methyl sites for hydroxylation is 1. The number of methoxy groups -OCH3 is 2. The lowest BCUT2D eigenvalue weighted by Gasteiger charge is -2.26. The summed E-state index contributed by atoms with van der Waals surface area (Å²) in [6.45, 7) is 2.10. The first-order valence-electron chi connectivity index (χ1n) is 6.15. The lowest BCUT2D eigenvalue weighted by Crippen LogP contribution is -2.41. The number of hydrogen-bond acceptors (Lipinski definition) is 3. The Hall–Kier alpha value is -0.900. The number of fused-ring (bicyclic) bond motifs is 1. The highest BCUT2D eigenvalue weighted by atomic mass is 16.7. The van der Waals surface area contributed by atoms with Crippen molar-refractivity contribution in [2.75, 3.05) is 14.2 Å². The summed E-state index contributed by atoms with van der Waals surface area (Å²) < 4.78 is 10.5. The van der Waals surface area contributed by atoms with E-state index in [0.29, 0.717) is 6.04 Å². The van der Waals surface area contributed by atoms with Crippen LogP contribution >= 0.6 is 0 Å². The van der Waals surface area contributed by atoms with E-state index in [-0.39, 0.29) is 12.3 Å². The van der Waals surface area contributed by atoms with E-state index in [2.05, 4.69) is 36.5 Å². The standard InChI is InChI=1S/C14H21NO2/c1-10(14(16-2)17-3)15-13-9-8-11-6-4-5-7-12(11)13/h4-7,10,13-15H,8-9H2,1-3H3. The summed E-state index contributed by atoms with van der Waals surface area (Å²) in [4.78, 5) is 0. The van der Waals surface area contributed by atoms with Crippen LogP contribution in [0.3, 0.4) is 0 Å². The predicted octanol–water partition coefficient (Wildman–Crippen LogP) is 2.27. The van der Waals surface area contributed by atoms with Gasteiger partial charge in [-0.15, -0.1) is 0 Å². The second-order valence-corrected chi connectivity index (χ2v) is 4.59. The fourth-order valence-corrected chi connectivity index (χ4v) is 2.63. The Balaban J connectivity index is 2.02. The van der Waals surface area contributed by atoms with Crippen LogP contribution in [-0.2, 0) is 15.9 Å². The molecule has 0 heterocycles. The van der Waals surface area contributed by atoms with E-state index in [1.807, 2.05) is 0 Å². The zero-order chi connectivity index (χ0) is 12.3. The maximum Gasteiger partial charge on any atom is 0.171 e. The molecule has 0 aliphatic heterocycles. The molecule has 0 saturated heterocycles. The Morgan fingerprint density at radius 2 is 1.94 bits per heavy atom. The topological polar surface area (TPSA) is 30.5 Å². The van der Waals surface area contributed by atoms with Crippen molar-refractivity contribution in [2.45, 2.75) is 38.1 Å². The first-order valence-corrected chi connectivity index (χ1v) is 6.15. The quantitative estimate of drug-likeness (QED) is 0.794. The average molecular weight is 235 g/mol. The molecule has 0 fully saturated rings. The van der Waals surface area contributed by atoms with Gasteiger partial charge < -0.3 is 14.8 Å². The molecule has 3 heteroatoms. The van der Waals surface area contributed by atoms with E-state index < -0.39 is 0 Å². The van der Waals surface area contributed by atoms with E-state index in [1.54, 1.807) is 14.2 Å². The van der Waals surface area contributed by atoms with Crippen molar-refractivity contribution in [3.63, 3.8) is 0 Å². The molecular weight excluding hydrogens is 214 g/mol. The maximum atomic E-state index is 5.27. The monoisotopic (exact) mass is 235 g/mol. The summed E-state index contributed by atoms with van der Waals surface area (Å²) in [6.07, 6.45) is 2.12. The molecule has 0 radical (unpaired) electrons. The largest absolute Gasteiger partial charge is 0.354 e. The number of rotatable bonds is 5. The number of hydrogen-bond donors (Lipinski definition) is 1. The fraction of sp³-hybridized carbons (Fsp3) is 0.571. The van der Waals surface area contributed by atoms with Gasteiger partial charge in [-0.05, 0) is 30.9 Å². The van der Waals surface area contributed by atoms with Gasteiger partial charge in [-0.25, -0.2) is 0 Å². The van der Waals surface area contributed by atoms with Gasteiger partial charge >= 0.3 is 0 Å². The summed E-state index contributed by atoms with van der Waals surface area (Å²) >= 11 is 0. The van der Waals surface area contributed by atoms with Crippen LogP contribution in [0.25, 0.3) is 0 Å². The third kappa shape index (κ3) is 2.68. The Labute approximate surface area is 103 Å². The molecule has 1 aliphatic carbocycles. The number of nitrogens with one attached hydrogen (secondary N) is 1. The van der Waals surface area contributed by atoms with Crippen LogP contribution < -0.4 is 5.32 Å². The molecule has 2 atom stereocenters. The summed E-state index contributed by atoms with van der Waals surface area (Å²) in [7, 11) is 3.35. The molecule has 1 aliphatic rings. The van der Waals surface area contributed by atoms with Crippen LogP contribution in [0, 0.1) is 0 Å². The maximum absolute atomic E-state index is 5.27. The molecular formula is C14H21NO2. The normalized spacial score (nSPS) is 20.6. The lowest BCUT2D eigenvalue weighted by molar-refractivity contribution is -0.121. The fourth-order valence-electron chi connectivity index (χ4n) is 2.63. The molecule has 1 aromatic rings. The molecule has 3 nitrogen and oxygen atoms in total. The first kappa shape index (κ1) is 12.6. The van der Waals surface area contributed by atoms with E-state index in [9.17, 15) is 0 Å². The minimum Gasteiger partial charge on any atom is -0.354 e. The second-order valence-electron chi connectivity index (χ2n) is 4.59. The molecule has 0 aromatic heterocycles. The van der Waals surface area contributed by atoms with Crippen LogP contribution in [0.4, 0.5) is 0 Å². The zero-order valence-corrected chi connectivity index (χ0v) is 10.8. The molecule has 2 rings (SSSR count). The zero-order valence-electron chi connectivity index (χ0n) is 10.8. The third-order valence-corrected chi connectivity index (χ3v) is 3.47. The second kappa shape index (κ2) is 5.63. The van der Waals surface area contributed by atoms with E-state index in [4.69, 9.17) is 9.47 Å². The highest BCUT2D eigenvalue weighted by molar-refractivity contribution is 5.34. The Kier molecular flexibility index (Phi) is 4.15. The first-order chi connectivity index (χ1) is 8.26. The molecule has 2 unspecified atom stereocenters. The lowest BCUT2D eigenvalue weighted by atomic mass is 10.1. The minimum atomic E-state index is -0.192. The van der Waals surface area contributed by atoms with Gasteiger partial charge in [-0.3, -0.25) is 0 Å². The van der Waals surface area contributed by atoms with Crippen molar-refractivity contribution in [2.24, 2.45) is 0 Å². The average Bonchev–Trinajstić information content (AvgIpc) is 2.74. The summed E-state index contributed by atoms with van der Waals surface area (Å²) in [5.41, 5.74) is 2.88. The van der Waals surface area contributed by atoms with Crippen LogP contribution in [0.5, 0.6) is 0 Å². The van der Waals surface area contributed by atoms with Gasteiger partial charge in [0, 0.05) is 20.3 Å². The van der Waals surface area contributed by atoms with Crippen LogP contribution in [0.15, 0.2) is 24.3 Å². The molecule has 1 N–H and O–H groups in total. The number of benzene rings is 1. The van der Waals surface area contributed by atoms with E-state index in [1.165, 1.54) is 11.1 Å².